The number of aromatic nitrogens is 1. The van der Waals surface area contributed by atoms with Gasteiger partial charge in [-0.25, -0.2) is 13.1 Å². The summed E-state index contributed by atoms with van der Waals surface area (Å²) in [4.78, 5) is 4.62. The summed E-state index contributed by atoms with van der Waals surface area (Å²) in [6.07, 6.45) is 1.59. The molecule has 14 heavy (non-hydrogen) atoms. The maximum absolute atomic E-state index is 11.3. The lowest BCUT2D eigenvalue weighted by Crippen LogP contribution is -2.30. The van der Waals surface area contributed by atoms with Crippen molar-refractivity contribution in [1.29, 1.82) is 5.26 Å². The van der Waals surface area contributed by atoms with E-state index >= 15 is 0 Å². The Morgan fingerprint density at radius 3 is 3.00 bits per heavy atom. The number of nitrogens with one attached hydrogen (secondary N) is 1. The molecule has 0 bridgehead atoms. The molecule has 1 rings (SSSR count). The predicted octanol–water partition coefficient (Wildman–Crippen LogP) is 0.475. The summed E-state index contributed by atoms with van der Waals surface area (Å²) in [5.41, 5.74) is 1.62. The molecule has 0 spiro atoms. The standard InChI is InChI=1S/C7H9N3O2S2/c1-6(2-8)14(11,12)10-4-7-3-9-5-13-7/h3,5-6,10H,4H2,1H3. The van der Waals surface area contributed by atoms with Crippen molar-refractivity contribution in [2.75, 3.05) is 0 Å². The van der Waals surface area contributed by atoms with E-state index in [1.165, 1.54) is 18.3 Å². The Hall–Kier alpha value is -0.970. The smallest absolute Gasteiger partial charge is 0.228 e. The van der Waals surface area contributed by atoms with Crippen molar-refractivity contribution in [3.05, 3.63) is 16.6 Å². The average molecular weight is 231 g/mol. The Bertz CT molecular complexity index is 418. The van der Waals surface area contributed by atoms with Gasteiger partial charge in [0.05, 0.1) is 11.6 Å². The zero-order valence-corrected chi connectivity index (χ0v) is 9.10. The van der Waals surface area contributed by atoms with Gasteiger partial charge >= 0.3 is 0 Å². The number of hydrogen-bond acceptors (Lipinski definition) is 5. The van der Waals surface area contributed by atoms with Gasteiger partial charge in [-0.05, 0) is 6.92 Å². The normalized spacial score (nSPS) is 13.4. The second-order valence-corrected chi connectivity index (χ2v) is 5.66. The molecule has 0 aromatic carbocycles. The van der Waals surface area contributed by atoms with Crippen LogP contribution < -0.4 is 4.72 Å². The Labute approximate surface area is 86.5 Å². The van der Waals surface area contributed by atoms with Crippen LogP contribution in [0.4, 0.5) is 0 Å². The molecule has 1 unspecified atom stereocenters. The van der Waals surface area contributed by atoms with E-state index in [-0.39, 0.29) is 6.54 Å². The minimum atomic E-state index is -3.52. The van der Waals surface area contributed by atoms with Crippen LogP contribution in [0.15, 0.2) is 11.7 Å². The number of nitrogens with zero attached hydrogens (tertiary/aromatic N) is 2. The number of sulfonamides is 1. The third-order valence-corrected chi connectivity index (χ3v) is 3.94. The summed E-state index contributed by atoms with van der Waals surface area (Å²) in [7, 11) is -3.52. The van der Waals surface area contributed by atoms with E-state index in [1.807, 2.05) is 0 Å². The van der Waals surface area contributed by atoms with Gasteiger partial charge in [-0.1, -0.05) is 0 Å². The minimum Gasteiger partial charge on any atom is -0.253 e. The summed E-state index contributed by atoms with van der Waals surface area (Å²) >= 11 is 1.36. The molecule has 0 aliphatic rings. The molecule has 1 aromatic rings. The topological polar surface area (TPSA) is 82.8 Å². The van der Waals surface area contributed by atoms with E-state index in [0.717, 1.165) is 4.88 Å². The van der Waals surface area contributed by atoms with Crippen LogP contribution in [-0.2, 0) is 16.6 Å². The van der Waals surface area contributed by atoms with E-state index < -0.39 is 15.3 Å². The monoisotopic (exact) mass is 231 g/mol. The molecule has 1 atom stereocenters. The van der Waals surface area contributed by atoms with E-state index in [2.05, 4.69) is 9.71 Å². The molecule has 0 saturated carbocycles. The van der Waals surface area contributed by atoms with Crippen molar-refractivity contribution in [3.8, 4) is 6.07 Å². The van der Waals surface area contributed by atoms with Crippen molar-refractivity contribution in [3.63, 3.8) is 0 Å². The first-order chi connectivity index (χ1) is 6.56. The number of nitriles is 1. The van der Waals surface area contributed by atoms with Gasteiger partial charge in [0, 0.05) is 17.6 Å². The Kier molecular flexibility index (Phi) is 3.57. The van der Waals surface area contributed by atoms with Crippen molar-refractivity contribution in [1.82, 2.24) is 9.71 Å². The highest BCUT2D eigenvalue weighted by atomic mass is 32.2. The third-order valence-electron chi connectivity index (χ3n) is 1.58. The average Bonchev–Trinajstić information content (AvgIpc) is 2.66. The van der Waals surface area contributed by atoms with Crippen LogP contribution in [0.1, 0.15) is 11.8 Å². The van der Waals surface area contributed by atoms with Gasteiger partial charge in [0.1, 0.15) is 0 Å². The fourth-order valence-electron chi connectivity index (χ4n) is 0.696. The van der Waals surface area contributed by atoms with Gasteiger partial charge in [-0.3, -0.25) is 4.98 Å². The Balaban J connectivity index is 2.58. The van der Waals surface area contributed by atoms with Gasteiger partial charge < -0.3 is 0 Å². The molecule has 5 nitrogen and oxygen atoms in total. The van der Waals surface area contributed by atoms with E-state index in [4.69, 9.17) is 5.26 Å². The van der Waals surface area contributed by atoms with Crippen molar-refractivity contribution < 1.29 is 8.42 Å². The van der Waals surface area contributed by atoms with Crippen LogP contribution >= 0.6 is 11.3 Å². The molecule has 0 fully saturated rings. The molecule has 0 saturated heterocycles. The lowest BCUT2D eigenvalue weighted by atomic mass is 10.5. The van der Waals surface area contributed by atoms with Crippen LogP contribution in [0.25, 0.3) is 0 Å². The van der Waals surface area contributed by atoms with Gasteiger partial charge in [-0.15, -0.1) is 11.3 Å². The van der Waals surface area contributed by atoms with E-state index in [0.29, 0.717) is 0 Å². The van der Waals surface area contributed by atoms with E-state index in [1.54, 1.807) is 17.8 Å². The first-order valence-corrected chi connectivity index (χ1v) is 6.24. The maximum atomic E-state index is 11.3. The molecule has 0 aliphatic heterocycles. The predicted molar refractivity (Wildman–Crippen MR) is 52.9 cm³/mol. The lowest BCUT2D eigenvalue weighted by molar-refractivity contribution is 0.577. The SMILES string of the molecule is CC(C#N)S(=O)(=O)NCc1cncs1. The van der Waals surface area contributed by atoms with Gasteiger partial charge in [-0.2, -0.15) is 5.26 Å². The Morgan fingerprint density at radius 2 is 2.50 bits per heavy atom. The number of rotatable bonds is 4. The van der Waals surface area contributed by atoms with Crippen LogP contribution in [0.2, 0.25) is 0 Å². The summed E-state index contributed by atoms with van der Waals surface area (Å²) in [5, 5.41) is 7.42. The fraction of sp³-hybridized carbons (Fsp3) is 0.429. The second-order valence-electron chi connectivity index (χ2n) is 2.61. The summed E-state index contributed by atoms with van der Waals surface area (Å²) in [6, 6.07) is 1.67. The summed E-state index contributed by atoms with van der Waals surface area (Å²) in [5.74, 6) is 0. The molecule has 7 heteroatoms. The quantitative estimate of drug-likeness (QED) is 0.816. The van der Waals surface area contributed by atoms with Crippen molar-refractivity contribution in [2.45, 2.75) is 18.7 Å². The maximum Gasteiger partial charge on any atom is 0.228 e. The lowest BCUT2D eigenvalue weighted by Gasteiger charge is -2.05. The van der Waals surface area contributed by atoms with E-state index in [9.17, 15) is 8.42 Å². The molecule has 0 radical (unpaired) electrons. The fourth-order valence-corrected chi connectivity index (χ4v) is 2.07. The molecule has 1 heterocycles. The molecular weight excluding hydrogens is 222 g/mol. The highest BCUT2D eigenvalue weighted by molar-refractivity contribution is 7.90. The molecule has 0 amide bonds. The first kappa shape index (κ1) is 11.1. The largest absolute Gasteiger partial charge is 0.253 e. The molecule has 0 aliphatic carbocycles. The van der Waals surface area contributed by atoms with Crippen LogP contribution in [0.5, 0.6) is 0 Å². The minimum absolute atomic E-state index is 0.193. The number of thiazole rings is 1. The van der Waals surface area contributed by atoms with Crippen LogP contribution in [0, 0.1) is 11.3 Å². The van der Waals surface area contributed by atoms with Crippen molar-refractivity contribution in [2.24, 2.45) is 0 Å². The molecular formula is C7H9N3O2S2. The van der Waals surface area contributed by atoms with Gasteiger partial charge in [0.25, 0.3) is 0 Å². The molecule has 76 valence electrons. The third kappa shape index (κ3) is 2.77. The van der Waals surface area contributed by atoms with Gasteiger partial charge in [0.2, 0.25) is 10.0 Å². The summed E-state index contributed by atoms with van der Waals surface area (Å²) < 4.78 is 24.9. The molecule has 1 N–H and O–H groups in total. The second kappa shape index (κ2) is 4.50. The first-order valence-electron chi connectivity index (χ1n) is 3.81. The van der Waals surface area contributed by atoms with Crippen LogP contribution in [0.3, 0.4) is 0 Å². The van der Waals surface area contributed by atoms with Crippen molar-refractivity contribution >= 4 is 21.4 Å². The van der Waals surface area contributed by atoms with Crippen LogP contribution in [-0.4, -0.2) is 18.7 Å². The zero-order chi connectivity index (χ0) is 10.6. The highest BCUT2D eigenvalue weighted by Crippen LogP contribution is 2.06. The zero-order valence-electron chi connectivity index (χ0n) is 7.47. The molecule has 1 aromatic heterocycles. The highest BCUT2D eigenvalue weighted by Gasteiger charge is 2.19. The number of hydrogen-bond donors (Lipinski definition) is 1. The van der Waals surface area contributed by atoms with Gasteiger partial charge in [0.15, 0.2) is 5.25 Å². The summed E-state index contributed by atoms with van der Waals surface area (Å²) in [6.45, 7) is 1.54. The Morgan fingerprint density at radius 1 is 1.79 bits per heavy atom.